The van der Waals surface area contributed by atoms with Crippen molar-refractivity contribution in [1.82, 2.24) is 10.3 Å². The van der Waals surface area contributed by atoms with E-state index >= 15 is 0 Å². The van der Waals surface area contributed by atoms with Crippen LogP contribution in [0.25, 0.3) is 0 Å². The Morgan fingerprint density at radius 1 is 1.08 bits per heavy atom. The normalized spacial score (nSPS) is 10.1. The van der Waals surface area contributed by atoms with Crippen LogP contribution >= 0.6 is 0 Å². The summed E-state index contributed by atoms with van der Waals surface area (Å²) >= 11 is 0. The molecule has 0 radical (unpaired) electrons. The van der Waals surface area contributed by atoms with Crippen LogP contribution in [0, 0.1) is 0 Å². The van der Waals surface area contributed by atoms with Gasteiger partial charge < -0.3 is 15.4 Å². The van der Waals surface area contributed by atoms with Gasteiger partial charge >= 0.3 is 5.97 Å². The van der Waals surface area contributed by atoms with E-state index in [-0.39, 0.29) is 11.9 Å². The summed E-state index contributed by atoms with van der Waals surface area (Å²) in [6.07, 6.45) is 2.46. The Balaban J connectivity index is 2.05. The molecular weight excluding hydrogens is 306 g/mol. The Morgan fingerprint density at radius 3 is 2.50 bits per heavy atom. The van der Waals surface area contributed by atoms with E-state index in [1.165, 1.54) is 0 Å². The number of carbonyl (C=O) groups is 2. The largest absolute Gasteiger partial charge is 0.462 e. The minimum atomic E-state index is -0.350. The van der Waals surface area contributed by atoms with Gasteiger partial charge in [0, 0.05) is 24.0 Å². The molecule has 126 valence electrons. The van der Waals surface area contributed by atoms with Crippen molar-refractivity contribution in [2.45, 2.75) is 20.3 Å². The summed E-state index contributed by atoms with van der Waals surface area (Å²) in [5, 5.41) is 5.94. The van der Waals surface area contributed by atoms with E-state index in [9.17, 15) is 9.59 Å². The minimum Gasteiger partial charge on any atom is -0.462 e. The molecule has 0 unspecified atom stereocenters. The van der Waals surface area contributed by atoms with Gasteiger partial charge in [0.05, 0.1) is 12.2 Å². The van der Waals surface area contributed by atoms with Crippen molar-refractivity contribution in [3.05, 3.63) is 53.7 Å². The quantitative estimate of drug-likeness (QED) is 0.764. The zero-order chi connectivity index (χ0) is 17.4. The number of ether oxygens (including phenoxy) is 1. The predicted octanol–water partition coefficient (Wildman–Crippen LogP) is 3.14. The third-order valence-electron chi connectivity index (χ3n) is 3.23. The van der Waals surface area contributed by atoms with Crippen LogP contribution in [0.1, 0.15) is 41.0 Å². The lowest BCUT2D eigenvalue weighted by Gasteiger charge is -2.08. The average Bonchev–Trinajstić information content (AvgIpc) is 2.60. The van der Waals surface area contributed by atoms with Crippen molar-refractivity contribution in [2.75, 3.05) is 18.5 Å². The number of rotatable bonds is 7. The highest BCUT2D eigenvalue weighted by molar-refractivity contribution is 5.95. The number of hydrogen-bond donors (Lipinski definition) is 2. The van der Waals surface area contributed by atoms with Gasteiger partial charge in [0.2, 0.25) is 0 Å². The molecule has 0 fully saturated rings. The number of carbonyl (C=O) groups excluding carboxylic acids is 2. The molecule has 0 spiro atoms. The maximum atomic E-state index is 12.0. The van der Waals surface area contributed by atoms with Crippen molar-refractivity contribution in [1.29, 1.82) is 0 Å². The Labute approximate surface area is 141 Å². The number of hydrogen-bond acceptors (Lipinski definition) is 5. The molecule has 2 rings (SSSR count). The summed E-state index contributed by atoms with van der Waals surface area (Å²) < 4.78 is 4.94. The first kappa shape index (κ1) is 17.5. The van der Waals surface area contributed by atoms with Crippen molar-refractivity contribution in [2.24, 2.45) is 0 Å². The van der Waals surface area contributed by atoms with Gasteiger partial charge in [-0.05, 0) is 49.7 Å². The number of pyridine rings is 1. The third kappa shape index (κ3) is 4.81. The molecule has 6 nitrogen and oxygen atoms in total. The van der Waals surface area contributed by atoms with Crippen LogP contribution in [-0.4, -0.2) is 30.0 Å². The second-order valence-electron chi connectivity index (χ2n) is 5.11. The van der Waals surface area contributed by atoms with Crippen molar-refractivity contribution >= 4 is 23.4 Å². The first-order valence-corrected chi connectivity index (χ1v) is 7.92. The van der Waals surface area contributed by atoms with E-state index < -0.39 is 0 Å². The summed E-state index contributed by atoms with van der Waals surface area (Å²) in [5.41, 5.74) is 1.80. The molecule has 0 aliphatic heterocycles. The van der Waals surface area contributed by atoms with Crippen LogP contribution in [0.5, 0.6) is 0 Å². The number of anilines is 2. The van der Waals surface area contributed by atoms with Crippen LogP contribution in [0.4, 0.5) is 11.5 Å². The highest BCUT2D eigenvalue weighted by Gasteiger charge is 2.08. The lowest BCUT2D eigenvalue weighted by molar-refractivity contribution is 0.0526. The van der Waals surface area contributed by atoms with E-state index in [0.717, 1.165) is 12.1 Å². The lowest BCUT2D eigenvalue weighted by atomic mass is 10.2. The molecular formula is C18H21N3O3. The van der Waals surface area contributed by atoms with Gasteiger partial charge in [0.1, 0.15) is 5.82 Å². The number of aromatic nitrogens is 1. The Kier molecular flexibility index (Phi) is 6.31. The molecule has 6 heteroatoms. The molecule has 0 aliphatic carbocycles. The number of nitrogens with zero attached hydrogens (tertiary/aromatic N) is 1. The molecule has 0 saturated carbocycles. The van der Waals surface area contributed by atoms with Crippen LogP contribution in [0.2, 0.25) is 0 Å². The van der Waals surface area contributed by atoms with Crippen molar-refractivity contribution < 1.29 is 14.3 Å². The summed E-state index contributed by atoms with van der Waals surface area (Å²) in [5.74, 6) is 0.0831. The molecule has 24 heavy (non-hydrogen) atoms. The Bertz CT molecular complexity index is 699. The van der Waals surface area contributed by atoms with Gasteiger partial charge in [-0.3, -0.25) is 4.79 Å². The summed E-state index contributed by atoms with van der Waals surface area (Å²) in [4.78, 5) is 27.8. The number of benzene rings is 1. The minimum absolute atomic E-state index is 0.125. The second kappa shape index (κ2) is 8.67. The van der Waals surface area contributed by atoms with Gasteiger partial charge in [-0.1, -0.05) is 6.92 Å². The average molecular weight is 327 g/mol. The molecule has 0 atom stereocenters. The molecule has 0 aliphatic rings. The molecule has 1 aromatic carbocycles. The molecule has 0 saturated heterocycles. The fourth-order valence-electron chi connectivity index (χ4n) is 2.03. The summed E-state index contributed by atoms with van der Waals surface area (Å²) in [6.45, 7) is 4.75. The predicted molar refractivity (Wildman–Crippen MR) is 92.5 cm³/mol. The van der Waals surface area contributed by atoms with Gasteiger partial charge in [-0.2, -0.15) is 0 Å². The van der Waals surface area contributed by atoms with Crippen molar-refractivity contribution in [3.8, 4) is 0 Å². The molecule has 1 amide bonds. The second-order valence-corrected chi connectivity index (χ2v) is 5.11. The van der Waals surface area contributed by atoms with E-state index in [4.69, 9.17) is 4.74 Å². The molecule has 1 heterocycles. The lowest BCUT2D eigenvalue weighted by Crippen LogP contribution is -2.24. The zero-order valence-electron chi connectivity index (χ0n) is 13.8. The van der Waals surface area contributed by atoms with Crippen LogP contribution in [0.3, 0.4) is 0 Å². The molecule has 0 bridgehead atoms. The molecule has 1 aromatic heterocycles. The fraction of sp³-hybridized carbons (Fsp3) is 0.278. The fourth-order valence-corrected chi connectivity index (χ4v) is 2.03. The number of amides is 1. The molecule has 2 aromatic rings. The van der Waals surface area contributed by atoms with Crippen molar-refractivity contribution in [3.63, 3.8) is 0 Å². The monoisotopic (exact) mass is 327 g/mol. The van der Waals surface area contributed by atoms with Crippen LogP contribution in [0.15, 0.2) is 42.6 Å². The SMILES string of the molecule is CCCNC(=O)c1ccnc(Nc2ccc(C(=O)OCC)cc2)c1. The summed E-state index contributed by atoms with van der Waals surface area (Å²) in [7, 11) is 0. The Morgan fingerprint density at radius 2 is 1.83 bits per heavy atom. The highest BCUT2D eigenvalue weighted by Crippen LogP contribution is 2.16. The van der Waals surface area contributed by atoms with Gasteiger partial charge in [-0.15, -0.1) is 0 Å². The first-order chi connectivity index (χ1) is 11.6. The maximum absolute atomic E-state index is 12.0. The van der Waals surface area contributed by atoms with E-state index in [2.05, 4.69) is 15.6 Å². The third-order valence-corrected chi connectivity index (χ3v) is 3.23. The van der Waals surface area contributed by atoms with Gasteiger partial charge in [-0.25, -0.2) is 9.78 Å². The molecule has 2 N–H and O–H groups in total. The van der Waals surface area contributed by atoms with E-state index in [1.54, 1.807) is 49.5 Å². The van der Waals surface area contributed by atoms with Gasteiger partial charge in [0.25, 0.3) is 5.91 Å². The maximum Gasteiger partial charge on any atom is 0.338 e. The van der Waals surface area contributed by atoms with Crippen LogP contribution < -0.4 is 10.6 Å². The topological polar surface area (TPSA) is 80.3 Å². The number of esters is 1. The van der Waals surface area contributed by atoms with Gasteiger partial charge in [0.15, 0.2) is 0 Å². The van der Waals surface area contributed by atoms with E-state index in [0.29, 0.717) is 30.1 Å². The first-order valence-electron chi connectivity index (χ1n) is 7.92. The Hall–Kier alpha value is -2.89. The smallest absolute Gasteiger partial charge is 0.338 e. The summed E-state index contributed by atoms with van der Waals surface area (Å²) in [6, 6.07) is 10.2. The van der Waals surface area contributed by atoms with Crippen LogP contribution in [-0.2, 0) is 4.74 Å². The van der Waals surface area contributed by atoms with E-state index in [1.807, 2.05) is 6.92 Å². The highest BCUT2D eigenvalue weighted by atomic mass is 16.5. The zero-order valence-corrected chi connectivity index (χ0v) is 13.8. The number of nitrogens with one attached hydrogen (secondary N) is 2. The standard InChI is InChI=1S/C18H21N3O3/c1-3-10-20-17(22)14-9-11-19-16(12-14)21-15-7-5-13(6-8-15)18(23)24-4-2/h5-9,11-12H,3-4,10H2,1-2H3,(H,19,21)(H,20,22).